The van der Waals surface area contributed by atoms with Gasteiger partial charge in [0.15, 0.2) is 5.82 Å². The van der Waals surface area contributed by atoms with Crippen LogP contribution in [-0.2, 0) is 11.2 Å². The summed E-state index contributed by atoms with van der Waals surface area (Å²) in [6.45, 7) is 1.89. The van der Waals surface area contributed by atoms with E-state index < -0.39 is 18.1 Å². The number of benzene rings is 2. The highest BCUT2D eigenvalue weighted by atomic mass is 19.4. The number of nitrogens with one attached hydrogen (secondary N) is 1. The van der Waals surface area contributed by atoms with Crippen molar-refractivity contribution >= 4 is 22.8 Å². The molecule has 1 aromatic heterocycles. The number of nitrogens with zero attached hydrogens (tertiary/aromatic N) is 4. The molecule has 3 heterocycles. The van der Waals surface area contributed by atoms with Crippen molar-refractivity contribution in [2.75, 3.05) is 26.2 Å². The van der Waals surface area contributed by atoms with Crippen LogP contribution in [0.1, 0.15) is 22.3 Å². The van der Waals surface area contributed by atoms with Crippen LogP contribution in [0.3, 0.4) is 0 Å². The summed E-state index contributed by atoms with van der Waals surface area (Å²) in [6, 6.07) is 8.42. The zero-order valence-corrected chi connectivity index (χ0v) is 18.4. The minimum Gasteiger partial charge on any atom is -0.406 e. The summed E-state index contributed by atoms with van der Waals surface area (Å²) < 4.78 is 55.4. The molecule has 0 bridgehead atoms. The Morgan fingerprint density at radius 2 is 1.63 bits per heavy atom. The van der Waals surface area contributed by atoms with Gasteiger partial charge >= 0.3 is 6.36 Å². The Kier molecular flexibility index (Phi) is 5.81. The zero-order chi connectivity index (χ0) is 24.7. The van der Waals surface area contributed by atoms with Gasteiger partial charge in [-0.2, -0.15) is 15.4 Å². The number of ether oxygens (including phenoxy) is 1. The van der Waals surface area contributed by atoms with E-state index in [1.807, 2.05) is 0 Å². The Bertz CT molecular complexity index is 1250. The number of rotatable bonds is 5. The first-order valence-electron chi connectivity index (χ1n) is 11.1. The number of aromatic amines is 1. The van der Waals surface area contributed by atoms with Crippen LogP contribution in [0.2, 0.25) is 0 Å². The first-order chi connectivity index (χ1) is 16.7. The summed E-state index contributed by atoms with van der Waals surface area (Å²) in [5, 5.41) is 9.91. The summed E-state index contributed by atoms with van der Waals surface area (Å²) in [6.07, 6.45) is -4.12. The van der Waals surface area contributed by atoms with Crippen molar-refractivity contribution in [3.05, 3.63) is 53.3 Å². The number of aryl methyl sites for hydroxylation is 1. The predicted octanol–water partition coefficient (Wildman–Crippen LogP) is 3.16. The van der Waals surface area contributed by atoms with Crippen LogP contribution in [0.4, 0.5) is 17.6 Å². The molecule has 12 heteroatoms. The molecule has 3 aromatic rings. The van der Waals surface area contributed by atoms with Gasteiger partial charge in [-0.3, -0.25) is 9.59 Å². The molecule has 2 amide bonds. The lowest BCUT2D eigenvalue weighted by Crippen LogP contribution is -2.36. The van der Waals surface area contributed by atoms with Crippen molar-refractivity contribution in [1.29, 1.82) is 0 Å². The fourth-order valence-corrected chi connectivity index (χ4v) is 4.85. The number of halogens is 4. The minimum atomic E-state index is -4.75. The van der Waals surface area contributed by atoms with Gasteiger partial charge in [0.05, 0.1) is 5.56 Å². The van der Waals surface area contributed by atoms with Crippen molar-refractivity contribution in [2.24, 2.45) is 11.8 Å². The number of hydrogen-bond acceptors (Lipinski definition) is 5. The molecule has 2 aliphatic rings. The normalized spacial score (nSPS) is 19.9. The molecule has 1 N–H and O–H groups in total. The van der Waals surface area contributed by atoms with Crippen molar-refractivity contribution < 1.29 is 31.9 Å². The number of carbonyl (C=O) groups excluding carboxylic acids is 2. The highest BCUT2D eigenvalue weighted by Gasteiger charge is 2.43. The van der Waals surface area contributed by atoms with Crippen LogP contribution in [0, 0.1) is 17.7 Å². The quantitative estimate of drug-likeness (QED) is 0.554. The van der Waals surface area contributed by atoms with E-state index in [1.165, 1.54) is 30.3 Å². The molecule has 0 saturated carbocycles. The second kappa shape index (κ2) is 8.82. The lowest BCUT2D eigenvalue weighted by Gasteiger charge is -2.22. The van der Waals surface area contributed by atoms with Crippen LogP contribution >= 0.6 is 0 Å². The second-order valence-corrected chi connectivity index (χ2v) is 8.84. The molecule has 8 nitrogen and oxygen atoms in total. The van der Waals surface area contributed by atoms with E-state index in [0.717, 1.165) is 5.56 Å². The smallest absolute Gasteiger partial charge is 0.406 e. The van der Waals surface area contributed by atoms with Gasteiger partial charge in [-0.15, -0.1) is 13.2 Å². The molecule has 2 fully saturated rings. The van der Waals surface area contributed by atoms with Crippen LogP contribution in [0.15, 0.2) is 36.4 Å². The zero-order valence-electron chi connectivity index (χ0n) is 18.4. The molecule has 2 saturated heterocycles. The Morgan fingerprint density at radius 3 is 2.29 bits per heavy atom. The standard InChI is InChI=1S/C23H21F4N5O3/c24-20-17(6-7-18-21(20)29-30-28-18)22(34)32-11-14-9-31(10-15(14)12-32)19(33)8-3-13-1-4-16(5-2-13)35-23(25,26)27/h1-2,4-7,14-15H,3,8-12H2,(H,28,29,30). The molecular formula is C23H21F4N5O3. The highest BCUT2D eigenvalue weighted by molar-refractivity contribution is 5.98. The number of H-pyrrole nitrogens is 1. The average molecular weight is 491 g/mol. The first-order valence-corrected chi connectivity index (χ1v) is 11.1. The Labute approximate surface area is 196 Å². The van der Waals surface area contributed by atoms with Gasteiger partial charge < -0.3 is 14.5 Å². The fourth-order valence-electron chi connectivity index (χ4n) is 4.85. The van der Waals surface area contributed by atoms with Crippen LogP contribution in [0.5, 0.6) is 5.75 Å². The Hall–Kier alpha value is -3.70. The van der Waals surface area contributed by atoms with Crippen molar-refractivity contribution in [3.63, 3.8) is 0 Å². The summed E-state index contributed by atoms with van der Waals surface area (Å²) in [7, 11) is 0. The van der Waals surface area contributed by atoms with Crippen LogP contribution in [0.25, 0.3) is 11.0 Å². The molecule has 5 rings (SSSR count). The number of alkyl halides is 3. The monoisotopic (exact) mass is 491 g/mol. The molecule has 35 heavy (non-hydrogen) atoms. The lowest BCUT2D eigenvalue weighted by atomic mass is 10.0. The maximum atomic E-state index is 14.7. The predicted molar refractivity (Wildman–Crippen MR) is 115 cm³/mol. The van der Waals surface area contributed by atoms with Gasteiger partial charge in [0, 0.05) is 44.4 Å². The van der Waals surface area contributed by atoms with Crippen molar-refractivity contribution in [2.45, 2.75) is 19.2 Å². The van der Waals surface area contributed by atoms with Crippen LogP contribution < -0.4 is 4.74 Å². The summed E-state index contributed by atoms with van der Waals surface area (Å²) >= 11 is 0. The van der Waals surface area contributed by atoms with E-state index >= 15 is 0 Å². The van der Waals surface area contributed by atoms with E-state index in [2.05, 4.69) is 20.1 Å². The molecule has 2 unspecified atom stereocenters. The third-order valence-corrected chi connectivity index (χ3v) is 6.57. The van der Waals surface area contributed by atoms with Gasteiger partial charge in [0.2, 0.25) is 5.91 Å². The van der Waals surface area contributed by atoms with Gasteiger partial charge in [0.25, 0.3) is 5.91 Å². The van der Waals surface area contributed by atoms with Crippen molar-refractivity contribution in [3.8, 4) is 5.75 Å². The molecular weight excluding hydrogens is 470 g/mol. The third-order valence-electron chi connectivity index (χ3n) is 6.57. The number of fused-ring (bicyclic) bond motifs is 2. The largest absolute Gasteiger partial charge is 0.573 e. The van der Waals surface area contributed by atoms with E-state index in [0.29, 0.717) is 38.1 Å². The summed E-state index contributed by atoms with van der Waals surface area (Å²) in [5.41, 5.74) is 1.05. The topological polar surface area (TPSA) is 91.4 Å². The van der Waals surface area contributed by atoms with Crippen LogP contribution in [-0.4, -0.2) is 69.6 Å². The molecule has 0 aliphatic carbocycles. The number of amides is 2. The molecule has 0 radical (unpaired) electrons. The van der Waals surface area contributed by atoms with E-state index in [4.69, 9.17) is 0 Å². The number of aromatic nitrogens is 3. The molecule has 2 atom stereocenters. The molecule has 0 spiro atoms. The second-order valence-electron chi connectivity index (χ2n) is 8.84. The SMILES string of the molecule is O=C(CCc1ccc(OC(F)(F)F)cc1)N1CC2CN(C(=O)c3ccc4n[nH]nc4c3F)CC2C1. The fraction of sp³-hybridized carbons (Fsp3) is 0.391. The van der Waals surface area contributed by atoms with Crippen molar-refractivity contribution in [1.82, 2.24) is 25.2 Å². The maximum Gasteiger partial charge on any atom is 0.573 e. The molecule has 184 valence electrons. The maximum absolute atomic E-state index is 14.7. The third kappa shape index (κ3) is 4.77. The lowest BCUT2D eigenvalue weighted by molar-refractivity contribution is -0.274. The van der Waals surface area contributed by atoms with Gasteiger partial charge in [-0.25, -0.2) is 4.39 Å². The number of hydrogen-bond donors (Lipinski definition) is 1. The number of carbonyl (C=O) groups is 2. The minimum absolute atomic E-state index is 0.0227. The molecule has 2 aromatic carbocycles. The Balaban J connectivity index is 1.13. The summed E-state index contributed by atoms with van der Waals surface area (Å²) in [4.78, 5) is 29.0. The van der Waals surface area contributed by atoms with Gasteiger partial charge in [0.1, 0.15) is 16.8 Å². The average Bonchev–Trinajstić information content (AvgIpc) is 3.52. The first kappa shape index (κ1) is 23.1. The van der Waals surface area contributed by atoms with Gasteiger partial charge in [-0.1, -0.05) is 12.1 Å². The highest BCUT2D eigenvalue weighted by Crippen LogP contribution is 2.33. The van der Waals surface area contributed by atoms with E-state index in [-0.39, 0.29) is 41.0 Å². The Morgan fingerprint density at radius 1 is 0.971 bits per heavy atom. The van der Waals surface area contributed by atoms with E-state index in [9.17, 15) is 27.2 Å². The molecule has 2 aliphatic heterocycles. The number of likely N-dealkylation sites (tertiary alicyclic amines) is 2. The van der Waals surface area contributed by atoms with Gasteiger partial charge in [-0.05, 0) is 36.2 Å². The van der Waals surface area contributed by atoms with E-state index in [1.54, 1.807) is 15.9 Å². The summed E-state index contributed by atoms with van der Waals surface area (Å²) in [5.74, 6) is -1.23.